The Labute approximate surface area is 217 Å². The monoisotopic (exact) mass is 510 g/mol. The average molecular weight is 511 g/mol. The van der Waals surface area contributed by atoms with E-state index in [0.717, 1.165) is 43.5 Å². The number of carbonyl (C=O) groups is 1. The number of quaternary nitrogens is 1. The molecule has 1 aromatic rings. The standard InChI is InChI=1S/C27H48N3O4S/c1-5-7-9-11-12-13-14-16-21-33-27(31)34-23(3)30(4)19-17-18-24(22-30)25-26(29-35-28-25)32-20-15-10-8-6-2/h18,23H,5-17,19-22H2,1-4H3/q+1/t23-,30?/m0/s1. The van der Waals surface area contributed by atoms with Gasteiger partial charge in [-0.2, -0.15) is 4.37 Å². The van der Waals surface area contributed by atoms with Crippen LogP contribution in [-0.2, 0) is 9.47 Å². The van der Waals surface area contributed by atoms with Crippen molar-refractivity contribution in [3.05, 3.63) is 11.8 Å². The lowest BCUT2D eigenvalue weighted by Crippen LogP contribution is -2.55. The average Bonchev–Trinajstić information content (AvgIpc) is 3.31. The van der Waals surface area contributed by atoms with E-state index in [9.17, 15) is 4.79 Å². The Kier molecular flexibility index (Phi) is 14.3. The van der Waals surface area contributed by atoms with Crippen molar-refractivity contribution in [2.75, 3.05) is 33.4 Å². The topological polar surface area (TPSA) is 70.5 Å². The summed E-state index contributed by atoms with van der Waals surface area (Å²) in [5.74, 6) is 0.629. The van der Waals surface area contributed by atoms with Gasteiger partial charge in [0, 0.05) is 18.9 Å². The van der Waals surface area contributed by atoms with Gasteiger partial charge in [-0.15, -0.1) is 4.37 Å². The van der Waals surface area contributed by atoms with Crippen molar-refractivity contribution >= 4 is 23.5 Å². The molecule has 2 rings (SSSR count). The van der Waals surface area contributed by atoms with E-state index in [0.29, 0.717) is 30.1 Å². The van der Waals surface area contributed by atoms with Crippen LogP contribution < -0.4 is 4.74 Å². The first-order valence-corrected chi connectivity index (χ1v) is 14.6. The highest BCUT2D eigenvalue weighted by Crippen LogP contribution is 2.31. The number of rotatable bonds is 18. The molecule has 0 saturated carbocycles. The van der Waals surface area contributed by atoms with Gasteiger partial charge in [0.2, 0.25) is 6.23 Å². The Hall–Kier alpha value is -1.67. The van der Waals surface area contributed by atoms with Crippen LogP contribution in [-0.4, -0.2) is 59.0 Å². The maximum absolute atomic E-state index is 12.3. The number of likely N-dealkylation sites (N-methyl/N-ethyl adjacent to an activating group) is 1. The molecule has 8 heteroatoms. The van der Waals surface area contributed by atoms with Crippen molar-refractivity contribution < 1.29 is 23.5 Å². The van der Waals surface area contributed by atoms with Crippen LogP contribution in [0.25, 0.3) is 5.57 Å². The normalized spacial score (nSPS) is 18.7. The molecule has 0 N–H and O–H groups in total. The Morgan fingerprint density at radius 3 is 2.31 bits per heavy atom. The molecule has 0 amide bonds. The van der Waals surface area contributed by atoms with Gasteiger partial charge >= 0.3 is 6.16 Å². The molecule has 0 spiro atoms. The number of aromatic nitrogens is 2. The molecular weight excluding hydrogens is 462 g/mol. The highest BCUT2D eigenvalue weighted by molar-refractivity contribution is 6.99. The van der Waals surface area contributed by atoms with Crippen molar-refractivity contribution in [1.82, 2.24) is 8.75 Å². The number of hydrogen-bond acceptors (Lipinski definition) is 7. The van der Waals surface area contributed by atoms with Crippen molar-refractivity contribution in [2.24, 2.45) is 0 Å². The number of unbranched alkanes of at least 4 members (excludes halogenated alkanes) is 10. The molecule has 1 aliphatic heterocycles. The van der Waals surface area contributed by atoms with Crippen molar-refractivity contribution in [1.29, 1.82) is 0 Å². The van der Waals surface area contributed by atoms with Gasteiger partial charge in [-0.05, 0) is 12.8 Å². The van der Waals surface area contributed by atoms with Crippen LogP contribution in [0.2, 0.25) is 0 Å². The number of nitrogens with zero attached hydrogens (tertiary/aromatic N) is 3. The Bertz CT molecular complexity index is 755. The molecule has 1 unspecified atom stereocenters. The van der Waals surface area contributed by atoms with Crippen LogP contribution in [0.3, 0.4) is 0 Å². The van der Waals surface area contributed by atoms with Gasteiger partial charge in [-0.1, -0.05) is 84.1 Å². The number of ether oxygens (including phenoxy) is 3. The maximum atomic E-state index is 12.3. The van der Waals surface area contributed by atoms with E-state index >= 15 is 0 Å². The quantitative estimate of drug-likeness (QED) is 0.117. The molecular formula is C27H48N3O4S+. The molecule has 0 bridgehead atoms. The highest BCUT2D eigenvalue weighted by Gasteiger charge is 2.37. The van der Waals surface area contributed by atoms with E-state index in [-0.39, 0.29) is 6.23 Å². The molecule has 0 aromatic carbocycles. The van der Waals surface area contributed by atoms with Crippen molar-refractivity contribution in [3.63, 3.8) is 0 Å². The fourth-order valence-corrected chi connectivity index (χ4v) is 4.94. The van der Waals surface area contributed by atoms with Crippen molar-refractivity contribution in [2.45, 2.75) is 110 Å². The smallest absolute Gasteiger partial charge is 0.475 e. The largest absolute Gasteiger partial charge is 0.512 e. The highest BCUT2D eigenvalue weighted by atomic mass is 32.1. The van der Waals surface area contributed by atoms with Gasteiger partial charge in [-0.25, -0.2) is 4.79 Å². The third-order valence-corrected chi connectivity index (χ3v) is 7.44. The predicted molar refractivity (Wildman–Crippen MR) is 143 cm³/mol. The molecule has 7 nitrogen and oxygen atoms in total. The van der Waals surface area contributed by atoms with Gasteiger partial charge in [-0.3, -0.25) is 4.48 Å². The molecule has 0 fully saturated rings. The first kappa shape index (κ1) is 29.6. The second-order valence-electron chi connectivity index (χ2n) is 10.00. The zero-order valence-corrected chi connectivity index (χ0v) is 23.4. The van der Waals surface area contributed by atoms with Crippen LogP contribution in [0.4, 0.5) is 4.79 Å². The minimum absolute atomic E-state index is 0.310. The molecule has 0 radical (unpaired) electrons. The third kappa shape index (κ3) is 10.9. The Morgan fingerprint density at radius 1 is 0.971 bits per heavy atom. The summed E-state index contributed by atoms with van der Waals surface area (Å²) in [5.41, 5.74) is 1.94. The summed E-state index contributed by atoms with van der Waals surface area (Å²) < 4.78 is 26.5. The number of hydrogen-bond donors (Lipinski definition) is 0. The molecule has 0 aliphatic carbocycles. The van der Waals surface area contributed by atoms with E-state index in [4.69, 9.17) is 14.2 Å². The SMILES string of the molecule is CCCCCCCCCCOC(=O)O[C@@H](C)[N+]1(C)CCC=C(c2nsnc2OCCCCCC)C1. The van der Waals surface area contributed by atoms with Crippen LogP contribution in [0, 0.1) is 0 Å². The van der Waals surface area contributed by atoms with Gasteiger partial charge in [0.15, 0.2) is 0 Å². The van der Waals surface area contributed by atoms with Gasteiger partial charge < -0.3 is 14.2 Å². The fourth-order valence-electron chi connectivity index (χ4n) is 4.41. The molecule has 200 valence electrons. The lowest BCUT2D eigenvalue weighted by Gasteiger charge is -2.41. The lowest BCUT2D eigenvalue weighted by atomic mass is 10.0. The Balaban J connectivity index is 1.73. The first-order chi connectivity index (χ1) is 17.0. The Morgan fingerprint density at radius 2 is 1.60 bits per heavy atom. The molecule has 2 heterocycles. The van der Waals surface area contributed by atoms with Crippen molar-refractivity contribution in [3.8, 4) is 5.88 Å². The van der Waals surface area contributed by atoms with Crippen LogP contribution in [0.15, 0.2) is 6.08 Å². The summed E-state index contributed by atoms with van der Waals surface area (Å²) in [7, 11) is 2.12. The predicted octanol–water partition coefficient (Wildman–Crippen LogP) is 7.37. The minimum Gasteiger partial charge on any atom is -0.475 e. The first-order valence-electron chi connectivity index (χ1n) is 13.8. The van der Waals surface area contributed by atoms with E-state index in [1.807, 2.05) is 6.92 Å². The number of carbonyl (C=O) groups excluding carboxylic acids is 1. The van der Waals surface area contributed by atoms with E-state index in [1.54, 1.807) is 0 Å². The van der Waals surface area contributed by atoms with Gasteiger partial charge in [0.25, 0.3) is 5.88 Å². The van der Waals surface area contributed by atoms with E-state index < -0.39 is 6.16 Å². The third-order valence-electron chi connectivity index (χ3n) is 6.92. The summed E-state index contributed by atoms with van der Waals surface area (Å²) >= 11 is 1.19. The molecule has 35 heavy (non-hydrogen) atoms. The molecule has 2 atom stereocenters. The summed E-state index contributed by atoms with van der Waals surface area (Å²) in [6.45, 7) is 9.09. The zero-order chi connectivity index (χ0) is 25.4. The second-order valence-corrected chi connectivity index (χ2v) is 10.5. The second kappa shape index (κ2) is 16.9. The van der Waals surface area contributed by atoms with Crippen LogP contribution in [0.1, 0.15) is 110 Å². The molecule has 1 aromatic heterocycles. The molecule has 1 aliphatic rings. The summed E-state index contributed by atoms with van der Waals surface area (Å²) in [6, 6.07) is 0. The lowest BCUT2D eigenvalue weighted by molar-refractivity contribution is -0.944. The maximum Gasteiger partial charge on any atom is 0.512 e. The van der Waals surface area contributed by atoms with E-state index in [1.165, 1.54) is 69.5 Å². The minimum atomic E-state index is -0.567. The fraction of sp³-hybridized carbons (Fsp3) is 0.815. The van der Waals surface area contributed by atoms with Gasteiger partial charge in [0.05, 0.1) is 38.5 Å². The molecule has 0 saturated heterocycles. The van der Waals surface area contributed by atoms with Gasteiger partial charge in [0.1, 0.15) is 12.2 Å². The van der Waals surface area contributed by atoms with Crippen LogP contribution in [0.5, 0.6) is 5.88 Å². The summed E-state index contributed by atoms with van der Waals surface area (Å²) in [4.78, 5) is 12.3. The zero-order valence-electron chi connectivity index (χ0n) is 22.6. The van der Waals surface area contributed by atoms with Crippen LogP contribution >= 0.6 is 11.7 Å². The van der Waals surface area contributed by atoms with E-state index in [2.05, 4.69) is 35.7 Å². The summed E-state index contributed by atoms with van der Waals surface area (Å²) in [5, 5.41) is 0. The summed E-state index contributed by atoms with van der Waals surface area (Å²) in [6.07, 6.45) is 16.6.